The number of aliphatic hydroxyl groups excluding tert-OH is 1. The zero-order chi connectivity index (χ0) is 23.4. The van der Waals surface area contributed by atoms with Crippen LogP contribution in [0.3, 0.4) is 0 Å². The van der Waals surface area contributed by atoms with Gasteiger partial charge < -0.3 is 27.9 Å². The van der Waals surface area contributed by atoms with Gasteiger partial charge in [0.1, 0.15) is 5.78 Å². The first kappa shape index (κ1) is 46.7. The Morgan fingerprint density at radius 2 is 1.00 bits per heavy atom. The molecule has 4 N–H and O–H groups in total. The molecule has 0 aliphatic heterocycles. The van der Waals surface area contributed by atoms with Crippen LogP contribution < -0.4 is 0 Å². The Hall–Kier alpha value is -0.616. The Morgan fingerprint density at radius 1 is 0.794 bits per heavy atom. The molecule has 4 atom stereocenters. The first-order valence-electron chi connectivity index (χ1n) is 11.5. The van der Waals surface area contributed by atoms with Crippen molar-refractivity contribution in [1.82, 2.24) is 0 Å². The fraction of sp³-hybridized carbons (Fsp3) is 0.679. The molecule has 1 aromatic carbocycles. The molecule has 3 saturated carbocycles. The van der Waals surface area contributed by atoms with Crippen LogP contribution in [0, 0.1) is 31.1 Å². The smallest absolute Gasteiger partial charge is 0.300 e. The van der Waals surface area contributed by atoms with Crippen LogP contribution in [0.1, 0.15) is 93.9 Å². The molecule has 1 radical (unpaired) electrons. The van der Waals surface area contributed by atoms with Crippen molar-refractivity contribution in [3.05, 3.63) is 43.8 Å². The van der Waals surface area contributed by atoms with Gasteiger partial charge in [0.2, 0.25) is 0 Å². The third kappa shape index (κ3) is 27.6. The standard InChI is InChI=1S/C10H16.C6H6.C3H6O.C3H8.C2H4O2.C2H6O.CH4.CH3.H2O.Y/c1-2-9-7-4-5-8(6-7)10(9)3-1;1-2-4-6-5-3-1;1-3(2)4;1-3-2;1-2(3)4;1-2-3;;;;/h7-10H,1-6H2;1-6H;1-2H3;3H2,1-2H3;1H3,(H,3,4);3H,2H2,1H3;1H4;1H3;1H2;/q;;;;;;;-1;;. The minimum absolute atomic E-state index is 0. The molecule has 0 heterocycles. The van der Waals surface area contributed by atoms with Gasteiger partial charge in [-0.1, -0.05) is 70.5 Å². The predicted molar refractivity (Wildman–Crippen MR) is 143 cm³/mol. The summed E-state index contributed by atoms with van der Waals surface area (Å²) in [5.74, 6) is 4.13. The van der Waals surface area contributed by atoms with Crippen molar-refractivity contribution < 1.29 is 58.0 Å². The number of aliphatic carboxylic acids is 1. The van der Waals surface area contributed by atoms with E-state index in [9.17, 15) is 4.79 Å². The summed E-state index contributed by atoms with van der Waals surface area (Å²) >= 11 is 0. The Balaban J connectivity index is -0.0000000730. The second-order valence-corrected chi connectivity index (χ2v) is 8.20. The molecule has 3 fully saturated rings. The van der Waals surface area contributed by atoms with E-state index < -0.39 is 5.97 Å². The zero-order valence-corrected chi connectivity index (χ0v) is 25.1. The van der Waals surface area contributed by atoms with Crippen LogP contribution in [0.2, 0.25) is 0 Å². The second-order valence-electron chi connectivity index (χ2n) is 8.20. The van der Waals surface area contributed by atoms with E-state index in [-0.39, 0.29) is 65.4 Å². The van der Waals surface area contributed by atoms with Gasteiger partial charge >= 0.3 is 0 Å². The Morgan fingerprint density at radius 3 is 1.21 bits per heavy atom. The van der Waals surface area contributed by atoms with Gasteiger partial charge in [0, 0.05) is 46.2 Å². The van der Waals surface area contributed by atoms with E-state index in [0.29, 0.717) is 0 Å². The van der Waals surface area contributed by atoms with Crippen LogP contribution >= 0.6 is 0 Å². The number of hydrogen-bond acceptors (Lipinski definition) is 3. The van der Waals surface area contributed by atoms with E-state index in [0.717, 1.165) is 6.92 Å². The molecule has 0 amide bonds. The number of carboxylic acid groups (broad SMARTS) is 1. The summed E-state index contributed by atoms with van der Waals surface area (Å²) < 4.78 is 0. The van der Waals surface area contributed by atoms with Crippen molar-refractivity contribution in [2.24, 2.45) is 23.7 Å². The molecule has 0 saturated heterocycles. The maximum Gasteiger partial charge on any atom is 0.300 e. The third-order valence-electron chi connectivity index (χ3n) is 5.02. The molecule has 3 aliphatic rings. The van der Waals surface area contributed by atoms with Crippen LogP contribution in [0.15, 0.2) is 36.4 Å². The summed E-state index contributed by atoms with van der Waals surface area (Å²) in [5, 5.41) is 15.0. The molecule has 5 nitrogen and oxygen atoms in total. The molecule has 34 heavy (non-hydrogen) atoms. The molecular formula is C28H55O5Y-. The molecule has 4 unspecified atom stereocenters. The van der Waals surface area contributed by atoms with Crippen molar-refractivity contribution in [2.75, 3.05) is 6.61 Å². The van der Waals surface area contributed by atoms with E-state index >= 15 is 0 Å². The van der Waals surface area contributed by atoms with Crippen molar-refractivity contribution in [3.8, 4) is 0 Å². The van der Waals surface area contributed by atoms with Gasteiger partial charge in [-0.15, -0.1) is 0 Å². The summed E-state index contributed by atoms with van der Waals surface area (Å²) in [5.41, 5.74) is 0. The van der Waals surface area contributed by atoms with Crippen LogP contribution in [0.5, 0.6) is 0 Å². The number of benzene rings is 1. The molecule has 0 spiro atoms. The van der Waals surface area contributed by atoms with Crippen molar-refractivity contribution >= 4 is 11.8 Å². The van der Waals surface area contributed by atoms with Gasteiger partial charge in [0.05, 0.1) is 0 Å². The van der Waals surface area contributed by atoms with E-state index in [4.69, 9.17) is 15.0 Å². The molecule has 2 bridgehead atoms. The summed E-state index contributed by atoms with van der Waals surface area (Å²) in [7, 11) is 0. The number of Topliss-reactive ketones (excluding diaryl/α,β-unsaturated/α-hetero) is 1. The van der Waals surface area contributed by atoms with E-state index in [1.807, 2.05) is 36.4 Å². The predicted octanol–water partition coefficient (Wildman–Crippen LogP) is 6.88. The number of ketones is 1. The SMILES string of the molecule is C.C1CC2C3CCC(C3)C2C1.CC(=O)O.CC(C)=O.CCC.CCO.O.[CH3-].[Y].c1ccccc1. The molecular weight excluding hydrogens is 505 g/mol. The number of aliphatic hydroxyl groups is 1. The largest absolute Gasteiger partial charge is 0.481 e. The molecule has 4 rings (SSSR count). The van der Waals surface area contributed by atoms with E-state index in [1.54, 1.807) is 45.4 Å². The van der Waals surface area contributed by atoms with Crippen molar-refractivity contribution in [2.45, 2.75) is 93.9 Å². The van der Waals surface area contributed by atoms with Gasteiger partial charge in [-0.05, 0) is 76.5 Å². The minimum Gasteiger partial charge on any atom is -0.481 e. The Labute approximate surface area is 236 Å². The fourth-order valence-corrected chi connectivity index (χ4v) is 4.40. The molecule has 1 aromatic rings. The van der Waals surface area contributed by atoms with Crippen molar-refractivity contribution in [1.29, 1.82) is 0 Å². The van der Waals surface area contributed by atoms with Gasteiger partial charge in [0.15, 0.2) is 0 Å². The molecule has 0 aromatic heterocycles. The Kier molecular flexibility index (Phi) is 44.5. The first-order chi connectivity index (χ1) is 14.2. The van der Waals surface area contributed by atoms with Gasteiger partial charge in [-0.25, -0.2) is 0 Å². The second kappa shape index (κ2) is 32.4. The normalized spacial score (nSPS) is 20.9. The molecule has 6 heteroatoms. The average Bonchev–Trinajstić information content (AvgIpc) is 3.39. The summed E-state index contributed by atoms with van der Waals surface area (Å²) in [6, 6.07) is 12.0. The van der Waals surface area contributed by atoms with Gasteiger partial charge in [0.25, 0.3) is 5.97 Å². The van der Waals surface area contributed by atoms with E-state index in [1.165, 1.54) is 43.9 Å². The first-order valence-corrected chi connectivity index (χ1v) is 11.5. The van der Waals surface area contributed by atoms with Crippen molar-refractivity contribution in [3.63, 3.8) is 0 Å². The number of rotatable bonds is 0. The molecule has 3 aliphatic carbocycles. The third-order valence-corrected chi connectivity index (χ3v) is 5.02. The van der Waals surface area contributed by atoms with Gasteiger partial charge in [-0.3, -0.25) is 4.79 Å². The maximum atomic E-state index is 9.44. The summed E-state index contributed by atoms with van der Waals surface area (Å²) in [6.45, 7) is 10.3. The van der Waals surface area contributed by atoms with E-state index in [2.05, 4.69) is 13.8 Å². The fourth-order valence-electron chi connectivity index (χ4n) is 4.40. The summed E-state index contributed by atoms with van der Waals surface area (Å²) in [6.07, 6.45) is 10.8. The Bertz CT molecular complexity index is 460. The monoisotopic (exact) mass is 560 g/mol. The molecule has 201 valence electrons. The topological polar surface area (TPSA) is 106 Å². The summed E-state index contributed by atoms with van der Waals surface area (Å²) in [4.78, 5) is 18.4. The average molecular weight is 561 g/mol. The quantitative estimate of drug-likeness (QED) is 0.337. The minimum atomic E-state index is -0.833. The number of carbonyl (C=O) groups is 2. The number of hydrogen-bond donors (Lipinski definition) is 2. The maximum absolute atomic E-state index is 9.44. The number of carbonyl (C=O) groups excluding carboxylic acids is 1. The van der Waals surface area contributed by atoms with Crippen LogP contribution in [-0.4, -0.2) is 34.0 Å². The van der Waals surface area contributed by atoms with Crippen LogP contribution in [0.25, 0.3) is 0 Å². The zero-order valence-electron chi connectivity index (χ0n) is 22.2. The van der Waals surface area contributed by atoms with Gasteiger partial charge in [-0.2, -0.15) is 0 Å². The number of fused-ring (bicyclic) bond motifs is 5. The van der Waals surface area contributed by atoms with Crippen LogP contribution in [0.4, 0.5) is 0 Å². The van der Waals surface area contributed by atoms with Crippen LogP contribution in [-0.2, 0) is 42.3 Å². The number of carboxylic acids is 1.